The zero-order chi connectivity index (χ0) is 9.10. The molecule has 1 aliphatic rings. The highest BCUT2D eigenvalue weighted by atomic mass is 35.5. The number of nitrogens with zero attached hydrogens (tertiary/aromatic N) is 2. The van der Waals surface area contributed by atoms with Crippen molar-refractivity contribution in [1.29, 1.82) is 0 Å². The second kappa shape index (κ2) is 5.27. The number of rotatable bonds is 1. The molecule has 0 bridgehead atoms. The lowest BCUT2D eigenvalue weighted by atomic mass is 9.97. The van der Waals surface area contributed by atoms with Crippen LogP contribution in [-0.2, 0) is 0 Å². The average molecular weight is 214 g/mol. The van der Waals surface area contributed by atoms with E-state index < -0.39 is 0 Å². The van der Waals surface area contributed by atoms with Crippen molar-refractivity contribution in [3.05, 3.63) is 23.8 Å². The molecule has 0 atom stereocenters. The second-order valence-corrected chi connectivity index (χ2v) is 3.58. The van der Waals surface area contributed by atoms with Crippen molar-refractivity contribution in [2.75, 3.05) is 13.1 Å². The van der Waals surface area contributed by atoms with Crippen LogP contribution in [0.25, 0.3) is 0 Å². The minimum Gasteiger partial charge on any atom is -0.317 e. The van der Waals surface area contributed by atoms with Gasteiger partial charge in [-0.25, -0.2) is 9.97 Å². The van der Waals surface area contributed by atoms with E-state index in [-0.39, 0.29) is 12.4 Å². The summed E-state index contributed by atoms with van der Waals surface area (Å²) in [6.45, 7) is 4.22. The van der Waals surface area contributed by atoms with Crippen LogP contribution < -0.4 is 5.32 Å². The van der Waals surface area contributed by atoms with Crippen molar-refractivity contribution in [3.8, 4) is 0 Å². The molecule has 78 valence electrons. The molecule has 0 aliphatic carbocycles. The first kappa shape index (κ1) is 11.4. The molecule has 0 spiro atoms. The molecule has 1 aliphatic heterocycles. The maximum absolute atomic E-state index is 4.46. The lowest BCUT2D eigenvalue weighted by Gasteiger charge is -2.21. The smallest absolute Gasteiger partial charge is 0.131 e. The molecule has 1 fully saturated rings. The highest BCUT2D eigenvalue weighted by molar-refractivity contribution is 5.85. The molecule has 2 rings (SSSR count). The van der Waals surface area contributed by atoms with Crippen LogP contribution in [0.15, 0.2) is 12.3 Å². The van der Waals surface area contributed by atoms with Crippen LogP contribution in [0.1, 0.15) is 30.3 Å². The average Bonchev–Trinajstić information content (AvgIpc) is 2.19. The molecular formula is C10H16ClN3. The summed E-state index contributed by atoms with van der Waals surface area (Å²) < 4.78 is 0. The first-order chi connectivity index (χ1) is 6.36. The van der Waals surface area contributed by atoms with Crippen molar-refractivity contribution in [2.24, 2.45) is 0 Å². The van der Waals surface area contributed by atoms with E-state index in [1.807, 2.05) is 19.2 Å². The zero-order valence-corrected chi connectivity index (χ0v) is 9.18. The second-order valence-electron chi connectivity index (χ2n) is 3.58. The number of halogens is 1. The first-order valence-corrected chi connectivity index (χ1v) is 4.86. The highest BCUT2D eigenvalue weighted by Gasteiger charge is 2.17. The Morgan fingerprint density at radius 2 is 2.07 bits per heavy atom. The van der Waals surface area contributed by atoms with Gasteiger partial charge in [0.05, 0.1) is 0 Å². The van der Waals surface area contributed by atoms with Gasteiger partial charge in [0.25, 0.3) is 0 Å². The summed E-state index contributed by atoms with van der Waals surface area (Å²) in [7, 11) is 0. The quantitative estimate of drug-likeness (QED) is 0.772. The minimum absolute atomic E-state index is 0. The number of hydrogen-bond donors (Lipinski definition) is 1. The highest BCUT2D eigenvalue weighted by Crippen LogP contribution is 2.21. The lowest BCUT2D eigenvalue weighted by Crippen LogP contribution is -2.27. The van der Waals surface area contributed by atoms with Gasteiger partial charge in [0, 0.05) is 17.8 Å². The standard InChI is InChI=1S/C10H15N3.ClH/c1-8-2-7-12-10(13-8)9-3-5-11-6-4-9;/h2,7,9,11H,3-6H2,1H3;1H. The van der Waals surface area contributed by atoms with E-state index in [0.717, 1.165) is 24.6 Å². The summed E-state index contributed by atoms with van der Waals surface area (Å²) in [4.78, 5) is 8.78. The van der Waals surface area contributed by atoms with Gasteiger partial charge < -0.3 is 5.32 Å². The van der Waals surface area contributed by atoms with Gasteiger partial charge in [-0.3, -0.25) is 0 Å². The van der Waals surface area contributed by atoms with E-state index in [0.29, 0.717) is 5.92 Å². The van der Waals surface area contributed by atoms with Crippen LogP contribution in [0.4, 0.5) is 0 Å². The molecule has 0 aromatic carbocycles. The largest absolute Gasteiger partial charge is 0.317 e. The summed E-state index contributed by atoms with van der Waals surface area (Å²) in [5.41, 5.74) is 1.07. The molecule has 1 N–H and O–H groups in total. The third-order valence-corrected chi connectivity index (χ3v) is 2.52. The zero-order valence-electron chi connectivity index (χ0n) is 8.36. The van der Waals surface area contributed by atoms with Gasteiger partial charge in [0.2, 0.25) is 0 Å². The Balaban J connectivity index is 0.000000980. The van der Waals surface area contributed by atoms with Crippen molar-refractivity contribution in [1.82, 2.24) is 15.3 Å². The van der Waals surface area contributed by atoms with Crippen molar-refractivity contribution in [2.45, 2.75) is 25.7 Å². The van der Waals surface area contributed by atoms with Gasteiger partial charge in [0.15, 0.2) is 0 Å². The van der Waals surface area contributed by atoms with Crippen LogP contribution >= 0.6 is 12.4 Å². The Morgan fingerprint density at radius 3 is 2.71 bits per heavy atom. The molecule has 0 saturated carbocycles. The van der Waals surface area contributed by atoms with Crippen LogP contribution in [0.5, 0.6) is 0 Å². The van der Waals surface area contributed by atoms with Crippen molar-refractivity contribution < 1.29 is 0 Å². The number of hydrogen-bond acceptors (Lipinski definition) is 3. The maximum Gasteiger partial charge on any atom is 0.131 e. The number of aromatic nitrogens is 2. The Bertz CT molecular complexity index is 284. The molecular weight excluding hydrogens is 198 g/mol. The predicted molar refractivity (Wildman–Crippen MR) is 58.9 cm³/mol. The van der Waals surface area contributed by atoms with Gasteiger partial charge in [-0.05, 0) is 38.9 Å². The Kier molecular flexibility index (Phi) is 4.29. The molecule has 4 heteroatoms. The monoisotopic (exact) mass is 213 g/mol. The van der Waals surface area contributed by atoms with E-state index in [9.17, 15) is 0 Å². The summed E-state index contributed by atoms with van der Waals surface area (Å²) in [6.07, 6.45) is 4.20. The third kappa shape index (κ3) is 2.66. The summed E-state index contributed by atoms with van der Waals surface area (Å²) in [6, 6.07) is 1.95. The summed E-state index contributed by atoms with van der Waals surface area (Å²) >= 11 is 0. The van der Waals surface area contributed by atoms with E-state index in [4.69, 9.17) is 0 Å². The fourth-order valence-corrected chi connectivity index (χ4v) is 1.75. The minimum atomic E-state index is 0. The molecule has 3 nitrogen and oxygen atoms in total. The van der Waals surface area contributed by atoms with Crippen LogP contribution in [-0.4, -0.2) is 23.1 Å². The molecule has 0 radical (unpaired) electrons. The molecule has 0 unspecified atom stereocenters. The number of piperidine rings is 1. The normalized spacial score (nSPS) is 17.5. The lowest BCUT2D eigenvalue weighted by molar-refractivity contribution is 0.444. The summed E-state index contributed by atoms with van der Waals surface area (Å²) in [5, 5.41) is 3.34. The van der Waals surface area contributed by atoms with E-state index in [1.165, 1.54) is 12.8 Å². The number of aryl methyl sites for hydroxylation is 1. The van der Waals surface area contributed by atoms with E-state index >= 15 is 0 Å². The molecule has 2 heterocycles. The SMILES string of the molecule is Cc1ccnc(C2CCNCC2)n1.Cl. The van der Waals surface area contributed by atoms with Gasteiger partial charge >= 0.3 is 0 Å². The fraction of sp³-hybridized carbons (Fsp3) is 0.600. The molecule has 1 saturated heterocycles. The van der Waals surface area contributed by atoms with E-state index in [1.54, 1.807) is 0 Å². The maximum atomic E-state index is 4.46. The fourth-order valence-electron chi connectivity index (χ4n) is 1.75. The Labute approximate surface area is 90.8 Å². The van der Waals surface area contributed by atoms with Gasteiger partial charge in [-0.15, -0.1) is 12.4 Å². The van der Waals surface area contributed by atoms with Gasteiger partial charge in [-0.2, -0.15) is 0 Å². The Hall–Kier alpha value is -0.670. The van der Waals surface area contributed by atoms with Crippen molar-refractivity contribution in [3.63, 3.8) is 0 Å². The molecule has 1 aromatic rings. The third-order valence-electron chi connectivity index (χ3n) is 2.52. The van der Waals surface area contributed by atoms with Crippen LogP contribution in [0, 0.1) is 6.92 Å². The predicted octanol–water partition coefficient (Wildman–Crippen LogP) is 1.67. The first-order valence-electron chi connectivity index (χ1n) is 4.86. The van der Waals surface area contributed by atoms with Gasteiger partial charge in [0.1, 0.15) is 5.82 Å². The molecule has 0 amide bonds. The molecule has 14 heavy (non-hydrogen) atoms. The van der Waals surface area contributed by atoms with Gasteiger partial charge in [-0.1, -0.05) is 0 Å². The van der Waals surface area contributed by atoms with Crippen molar-refractivity contribution >= 4 is 12.4 Å². The summed E-state index contributed by atoms with van der Waals surface area (Å²) in [5.74, 6) is 1.60. The van der Waals surface area contributed by atoms with Crippen LogP contribution in [0.2, 0.25) is 0 Å². The number of nitrogens with one attached hydrogen (secondary N) is 1. The topological polar surface area (TPSA) is 37.8 Å². The van der Waals surface area contributed by atoms with E-state index in [2.05, 4.69) is 15.3 Å². The molecule has 1 aromatic heterocycles. The Morgan fingerprint density at radius 1 is 1.36 bits per heavy atom. The van der Waals surface area contributed by atoms with Crippen LogP contribution in [0.3, 0.4) is 0 Å².